The van der Waals surface area contributed by atoms with Gasteiger partial charge < -0.3 is 5.73 Å². The number of hydrogen-bond donors (Lipinski definition) is 2. The van der Waals surface area contributed by atoms with Gasteiger partial charge in [-0.2, -0.15) is 5.10 Å². The van der Waals surface area contributed by atoms with Crippen LogP contribution < -0.4 is 16.5 Å². The summed E-state index contributed by atoms with van der Waals surface area (Å²) in [4.78, 5) is 23.3. The Morgan fingerprint density at radius 3 is 2.83 bits per heavy atom. The van der Waals surface area contributed by atoms with Crippen LogP contribution in [0.4, 0.5) is 5.69 Å². The van der Waals surface area contributed by atoms with Gasteiger partial charge in [0.25, 0.3) is 5.91 Å². The number of nitrogens with zero attached hydrogens (tertiary/aromatic N) is 2. The van der Waals surface area contributed by atoms with Gasteiger partial charge in [0.15, 0.2) is 0 Å². The van der Waals surface area contributed by atoms with Crippen molar-refractivity contribution in [2.24, 2.45) is 10.8 Å². The standard InChI is InChI=1S/C11H6BrN4O2/c12-9-5-3-14-16-11(18)8-4(10(13)17)1-2-6(15-9)7(5)8/h1-3H,(H2,13,17)(H,16,18). The highest BCUT2D eigenvalue weighted by Crippen LogP contribution is 2.40. The minimum Gasteiger partial charge on any atom is -0.366 e. The highest BCUT2D eigenvalue weighted by atomic mass is 79.9. The van der Waals surface area contributed by atoms with E-state index in [4.69, 9.17) is 5.73 Å². The molecule has 0 spiro atoms. The molecule has 2 heterocycles. The van der Waals surface area contributed by atoms with Crippen molar-refractivity contribution in [3.63, 3.8) is 0 Å². The Hall–Kier alpha value is -2.15. The van der Waals surface area contributed by atoms with Crippen molar-refractivity contribution in [3.8, 4) is 0 Å². The molecule has 3 N–H and O–H groups in total. The molecule has 6 nitrogen and oxygen atoms in total. The Kier molecular flexibility index (Phi) is 2.24. The van der Waals surface area contributed by atoms with Gasteiger partial charge in [-0.05, 0) is 28.1 Å². The predicted octanol–water partition coefficient (Wildman–Crippen LogP) is 0.828. The van der Waals surface area contributed by atoms with Crippen molar-refractivity contribution in [2.45, 2.75) is 0 Å². The Morgan fingerprint density at radius 1 is 1.33 bits per heavy atom. The quantitative estimate of drug-likeness (QED) is 0.751. The molecule has 1 radical (unpaired) electrons. The van der Waals surface area contributed by atoms with Gasteiger partial charge in [-0.3, -0.25) is 9.59 Å². The van der Waals surface area contributed by atoms with Gasteiger partial charge in [-0.25, -0.2) is 10.7 Å². The van der Waals surface area contributed by atoms with Gasteiger partial charge in [0.2, 0.25) is 5.91 Å². The Balaban J connectivity index is 2.40. The van der Waals surface area contributed by atoms with Gasteiger partial charge in [0.05, 0.1) is 23.0 Å². The second-order valence-electron chi connectivity index (χ2n) is 3.76. The monoisotopic (exact) mass is 305 g/mol. The zero-order valence-corrected chi connectivity index (χ0v) is 10.5. The fourth-order valence-electron chi connectivity index (χ4n) is 2.00. The van der Waals surface area contributed by atoms with E-state index in [1.165, 1.54) is 12.3 Å². The van der Waals surface area contributed by atoms with Gasteiger partial charge in [0, 0.05) is 11.1 Å². The number of benzene rings is 1. The maximum absolute atomic E-state index is 12.0. The minimum absolute atomic E-state index is 0.159. The van der Waals surface area contributed by atoms with Gasteiger partial charge in [0.1, 0.15) is 4.61 Å². The van der Waals surface area contributed by atoms with Crippen LogP contribution in [0.3, 0.4) is 0 Å². The summed E-state index contributed by atoms with van der Waals surface area (Å²) in [6, 6.07) is 3.15. The zero-order valence-electron chi connectivity index (χ0n) is 8.90. The van der Waals surface area contributed by atoms with E-state index in [0.717, 1.165) is 0 Å². The van der Waals surface area contributed by atoms with Crippen LogP contribution in [0.2, 0.25) is 0 Å². The van der Waals surface area contributed by atoms with Crippen LogP contribution >= 0.6 is 15.9 Å². The number of hydrogen-bond acceptors (Lipinski definition) is 3. The maximum atomic E-state index is 12.0. The molecule has 0 unspecified atom stereocenters. The third-order valence-electron chi connectivity index (χ3n) is 2.75. The molecule has 7 heteroatoms. The fraction of sp³-hybridized carbons (Fsp3) is 0. The van der Waals surface area contributed by atoms with Crippen LogP contribution in [0, 0.1) is 0 Å². The molecule has 0 saturated heterocycles. The molecule has 3 rings (SSSR count). The van der Waals surface area contributed by atoms with Crippen molar-refractivity contribution >= 4 is 45.2 Å². The van der Waals surface area contributed by atoms with Crippen LogP contribution in [0.5, 0.6) is 0 Å². The lowest BCUT2D eigenvalue weighted by molar-refractivity contribution is 0.0937. The first kappa shape index (κ1) is 11.0. The Bertz CT molecular complexity index is 663. The Morgan fingerprint density at radius 2 is 2.11 bits per heavy atom. The molecule has 0 saturated carbocycles. The third-order valence-corrected chi connectivity index (χ3v) is 3.35. The maximum Gasteiger partial charge on any atom is 0.272 e. The summed E-state index contributed by atoms with van der Waals surface area (Å²) in [7, 11) is 0. The first-order chi connectivity index (χ1) is 8.59. The number of nitrogens with one attached hydrogen (secondary N) is 1. The summed E-state index contributed by atoms with van der Waals surface area (Å²) >= 11 is 3.30. The lowest BCUT2D eigenvalue weighted by Crippen LogP contribution is -2.23. The average molecular weight is 306 g/mol. The SMILES string of the molecule is NC(=O)c1ccc2c3c1C(=O)NN=CC3=C(Br)[N]2. The molecular weight excluding hydrogens is 300 g/mol. The lowest BCUT2D eigenvalue weighted by Gasteiger charge is -2.09. The van der Waals surface area contributed by atoms with Crippen LogP contribution in [-0.2, 0) is 0 Å². The smallest absolute Gasteiger partial charge is 0.272 e. The predicted molar refractivity (Wildman–Crippen MR) is 68.6 cm³/mol. The molecule has 18 heavy (non-hydrogen) atoms. The number of primary amides is 1. The number of allylic oxidation sites excluding steroid dienone is 1. The summed E-state index contributed by atoms with van der Waals surface area (Å²) in [6.07, 6.45) is 1.48. The molecule has 0 atom stereocenters. The molecule has 1 aromatic rings. The number of rotatable bonds is 1. The van der Waals surface area contributed by atoms with Crippen LogP contribution in [0.15, 0.2) is 21.8 Å². The summed E-state index contributed by atoms with van der Waals surface area (Å²) in [5, 5.41) is 8.03. The van der Waals surface area contributed by atoms with E-state index in [2.05, 4.69) is 31.8 Å². The average Bonchev–Trinajstić information content (AvgIpc) is 2.52. The van der Waals surface area contributed by atoms with Gasteiger partial charge in [-0.15, -0.1) is 0 Å². The van der Waals surface area contributed by atoms with E-state index in [-0.39, 0.29) is 11.1 Å². The van der Waals surface area contributed by atoms with E-state index in [1.54, 1.807) is 6.07 Å². The first-order valence-corrected chi connectivity index (χ1v) is 5.81. The Labute approximate surface area is 110 Å². The zero-order chi connectivity index (χ0) is 12.9. The number of amides is 2. The molecule has 0 aliphatic carbocycles. The second-order valence-corrected chi connectivity index (χ2v) is 4.51. The van der Waals surface area contributed by atoms with E-state index in [1.807, 2.05) is 0 Å². The largest absolute Gasteiger partial charge is 0.366 e. The van der Waals surface area contributed by atoms with Crippen LogP contribution in [0.25, 0.3) is 5.57 Å². The minimum atomic E-state index is -0.660. The number of hydrazone groups is 1. The molecule has 2 aliphatic heterocycles. The molecule has 89 valence electrons. The van der Waals surface area contributed by atoms with Crippen LogP contribution in [-0.4, -0.2) is 18.0 Å². The number of carbonyl (C=O) groups excluding carboxylic acids is 2. The normalized spacial score (nSPS) is 15.9. The molecule has 1 aromatic carbocycles. The molecule has 2 amide bonds. The van der Waals surface area contributed by atoms with Crippen molar-refractivity contribution in [3.05, 3.63) is 33.4 Å². The van der Waals surface area contributed by atoms with Crippen molar-refractivity contribution in [2.75, 3.05) is 0 Å². The fourth-order valence-corrected chi connectivity index (χ4v) is 2.49. The van der Waals surface area contributed by atoms with Crippen molar-refractivity contribution in [1.82, 2.24) is 10.7 Å². The topological polar surface area (TPSA) is 98.7 Å². The first-order valence-electron chi connectivity index (χ1n) is 5.01. The molecular formula is C11H6BrN4O2. The van der Waals surface area contributed by atoms with E-state index in [0.29, 0.717) is 21.4 Å². The van der Waals surface area contributed by atoms with Crippen molar-refractivity contribution < 1.29 is 9.59 Å². The highest BCUT2D eigenvalue weighted by Gasteiger charge is 2.31. The summed E-state index contributed by atoms with van der Waals surface area (Å²) < 4.78 is 0.570. The van der Waals surface area contributed by atoms with Crippen LogP contribution in [0.1, 0.15) is 26.3 Å². The van der Waals surface area contributed by atoms with E-state index >= 15 is 0 Å². The summed E-state index contributed by atoms with van der Waals surface area (Å²) in [5.74, 6) is -1.13. The number of nitrogens with two attached hydrogens (primary N) is 1. The second kappa shape index (κ2) is 3.67. The summed E-state index contributed by atoms with van der Waals surface area (Å²) in [6.45, 7) is 0. The summed E-state index contributed by atoms with van der Waals surface area (Å²) in [5.41, 5.74) is 9.84. The van der Waals surface area contributed by atoms with E-state index in [9.17, 15) is 9.59 Å². The lowest BCUT2D eigenvalue weighted by atomic mass is 9.95. The molecule has 0 aromatic heterocycles. The molecule has 0 bridgehead atoms. The van der Waals surface area contributed by atoms with Crippen molar-refractivity contribution in [1.29, 1.82) is 0 Å². The third kappa shape index (κ3) is 1.37. The van der Waals surface area contributed by atoms with Gasteiger partial charge >= 0.3 is 0 Å². The van der Waals surface area contributed by atoms with E-state index < -0.39 is 11.8 Å². The highest BCUT2D eigenvalue weighted by molar-refractivity contribution is 9.11. The molecule has 2 aliphatic rings. The van der Waals surface area contributed by atoms with Gasteiger partial charge in [-0.1, -0.05) is 0 Å². The number of carbonyl (C=O) groups is 2. The molecule has 0 fully saturated rings. The number of halogens is 1.